The molecule has 5 nitrogen and oxygen atoms in total. The molecule has 1 N–H and O–H groups in total. The number of nitrogens with zero attached hydrogens (tertiary/aromatic N) is 3. The number of rotatable bonds is 6. The van der Waals surface area contributed by atoms with E-state index in [0.717, 1.165) is 27.2 Å². The number of halogens is 1. The Labute approximate surface area is 181 Å². The Kier molecular flexibility index (Phi) is 6.07. The van der Waals surface area contributed by atoms with E-state index in [9.17, 15) is 4.79 Å². The molecule has 7 heteroatoms. The molecular weight excluding hydrogens is 448 g/mol. The van der Waals surface area contributed by atoms with Crippen LogP contribution in [-0.2, 0) is 4.79 Å². The third kappa shape index (κ3) is 4.93. The van der Waals surface area contributed by atoms with Crippen LogP contribution in [0.1, 0.15) is 0 Å². The molecule has 0 saturated carbocycles. The molecule has 0 radical (unpaired) electrons. The molecule has 3 aromatic carbocycles. The number of nitrogens with one attached hydrogen (secondary N) is 1. The predicted molar refractivity (Wildman–Crippen MR) is 120 cm³/mol. The van der Waals surface area contributed by atoms with Gasteiger partial charge in [-0.2, -0.15) is 0 Å². The Hall–Kier alpha value is -2.90. The fraction of sp³-hybridized carbons (Fsp3) is 0.0455. The van der Waals surface area contributed by atoms with E-state index < -0.39 is 0 Å². The van der Waals surface area contributed by atoms with E-state index in [4.69, 9.17) is 0 Å². The molecule has 1 amide bonds. The number of para-hydroxylation sites is 1. The van der Waals surface area contributed by atoms with Gasteiger partial charge in [0.2, 0.25) is 11.1 Å². The molecule has 0 fully saturated rings. The highest BCUT2D eigenvalue weighted by Gasteiger charge is 2.15. The van der Waals surface area contributed by atoms with Crippen molar-refractivity contribution in [2.75, 3.05) is 11.1 Å². The van der Waals surface area contributed by atoms with Gasteiger partial charge in [0.15, 0.2) is 5.82 Å². The molecule has 0 saturated heterocycles. The summed E-state index contributed by atoms with van der Waals surface area (Å²) in [6.07, 6.45) is 0. The van der Waals surface area contributed by atoms with Crippen molar-refractivity contribution in [2.24, 2.45) is 0 Å². The van der Waals surface area contributed by atoms with Crippen molar-refractivity contribution >= 4 is 39.3 Å². The number of hydrogen-bond acceptors (Lipinski definition) is 4. The van der Waals surface area contributed by atoms with Crippen LogP contribution >= 0.6 is 27.7 Å². The number of benzene rings is 3. The van der Waals surface area contributed by atoms with Crippen molar-refractivity contribution in [3.63, 3.8) is 0 Å². The van der Waals surface area contributed by atoms with Crippen LogP contribution in [0.3, 0.4) is 0 Å². The number of amides is 1. The molecule has 1 heterocycles. The lowest BCUT2D eigenvalue weighted by Gasteiger charge is -2.05. The highest BCUT2D eigenvalue weighted by Crippen LogP contribution is 2.25. The highest BCUT2D eigenvalue weighted by atomic mass is 79.9. The quantitative estimate of drug-likeness (QED) is 0.386. The fourth-order valence-electron chi connectivity index (χ4n) is 2.77. The van der Waals surface area contributed by atoms with E-state index in [1.165, 1.54) is 11.8 Å². The third-order valence-electron chi connectivity index (χ3n) is 4.06. The number of carbonyl (C=O) groups is 1. The third-order valence-corrected chi connectivity index (χ3v) is 5.39. The molecule has 0 aliphatic heterocycles. The Morgan fingerprint density at radius 1 is 0.966 bits per heavy atom. The zero-order chi connectivity index (χ0) is 20.1. The summed E-state index contributed by atoms with van der Waals surface area (Å²) >= 11 is 4.71. The monoisotopic (exact) mass is 464 g/mol. The zero-order valence-corrected chi connectivity index (χ0v) is 17.7. The van der Waals surface area contributed by atoms with Gasteiger partial charge in [0, 0.05) is 15.7 Å². The number of thioether (sulfide) groups is 1. The maximum Gasteiger partial charge on any atom is 0.234 e. The lowest BCUT2D eigenvalue weighted by molar-refractivity contribution is -0.113. The van der Waals surface area contributed by atoms with Crippen LogP contribution in [0.2, 0.25) is 0 Å². The molecule has 4 rings (SSSR count). The van der Waals surface area contributed by atoms with E-state index in [1.807, 2.05) is 89.6 Å². The Balaban J connectivity index is 1.53. The SMILES string of the molecule is O=C(CSc1nc(-c2ccccc2)n(-c2ccccc2)n1)Nc1cccc(Br)c1. The predicted octanol–water partition coefficient (Wildman–Crippen LogP) is 5.43. The van der Waals surface area contributed by atoms with Gasteiger partial charge in [0.05, 0.1) is 11.4 Å². The van der Waals surface area contributed by atoms with E-state index >= 15 is 0 Å². The van der Waals surface area contributed by atoms with Crippen LogP contribution in [-0.4, -0.2) is 26.4 Å². The summed E-state index contributed by atoms with van der Waals surface area (Å²) in [4.78, 5) is 17.0. The van der Waals surface area contributed by atoms with Crippen LogP contribution in [0.25, 0.3) is 17.1 Å². The normalized spacial score (nSPS) is 10.7. The molecule has 0 spiro atoms. The summed E-state index contributed by atoms with van der Waals surface area (Å²) in [7, 11) is 0. The van der Waals surface area contributed by atoms with Gasteiger partial charge in [-0.1, -0.05) is 82.3 Å². The maximum atomic E-state index is 12.3. The second-order valence-corrected chi connectivity index (χ2v) is 8.04. The van der Waals surface area contributed by atoms with Gasteiger partial charge in [0.1, 0.15) is 0 Å². The molecule has 0 unspecified atom stereocenters. The molecule has 0 bridgehead atoms. The van der Waals surface area contributed by atoms with Crippen LogP contribution in [0.4, 0.5) is 5.69 Å². The average Bonchev–Trinajstić information content (AvgIpc) is 3.18. The lowest BCUT2D eigenvalue weighted by Crippen LogP contribution is -2.14. The van der Waals surface area contributed by atoms with Crippen molar-refractivity contribution < 1.29 is 4.79 Å². The van der Waals surface area contributed by atoms with E-state index in [-0.39, 0.29) is 11.7 Å². The van der Waals surface area contributed by atoms with Crippen LogP contribution in [0, 0.1) is 0 Å². The van der Waals surface area contributed by atoms with Crippen molar-refractivity contribution in [2.45, 2.75) is 5.16 Å². The van der Waals surface area contributed by atoms with Gasteiger partial charge >= 0.3 is 0 Å². The minimum Gasteiger partial charge on any atom is -0.325 e. The standard InChI is InChI=1S/C22H17BrN4OS/c23-17-10-7-11-18(14-17)24-20(28)15-29-22-25-21(16-8-3-1-4-9-16)27(26-22)19-12-5-2-6-13-19/h1-14H,15H2,(H,24,28). The van der Waals surface area contributed by atoms with E-state index in [0.29, 0.717) is 5.16 Å². The summed E-state index contributed by atoms with van der Waals surface area (Å²) < 4.78 is 2.72. The topological polar surface area (TPSA) is 59.8 Å². The molecule has 0 aliphatic carbocycles. The molecule has 0 atom stereocenters. The summed E-state index contributed by atoms with van der Waals surface area (Å²) in [6.45, 7) is 0. The van der Waals surface area contributed by atoms with Crippen molar-refractivity contribution in [3.8, 4) is 17.1 Å². The summed E-state index contributed by atoms with van der Waals surface area (Å²) in [6, 6.07) is 27.3. The first-order valence-corrected chi connectivity index (χ1v) is 10.7. The molecule has 0 aliphatic rings. The van der Waals surface area contributed by atoms with Gasteiger partial charge in [-0.25, -0.2) is 9.67 Å². The van der Waals surface area contributed by atoms with Crippen molar-refractivity contribution in [1.29, 1.82) is 0 Å². The maximum absolute atomic E-state index is 12.3. The van der Waals surface area contributed by atoms with E-state index in [1.54, 1.807) is 0 Å². The van der Waals surface area contributed by atoms with Crippen molar-refractivity contribution in [1.82, 2.24) is 14.8 Å². The number of hydrogen-bond donors (Lipinski definition) is 1. The second-order valence-electron chi connectivity index (χ2n) is 6.18. The Morgan fingerprint density at radius 3 is 2.41 bits per heavy atom. The second kappa shape index (κ2) is 9.07. The molecule has 29 heavy (non-hydrogen) atoms. The average molecular weight is 465 g/mol. The largest absolute Gasteiger partial charge is 0.325 e. The minimum absolute atomic E-state index is 0.106. The van der Waals surface area contributed by atoms with Gasteiger partial charge in [-0.05, 0) is 30.3 Å². The van der Waals surface area contributed by atoms with Gasteiger partial charge in [0.25, 0.3) is 0 Å². The fourth-order valence-corrected chi connectivity index (χ4v) is 3.79. The molecular formula is C22H17BrN4OS. The van der Waals surface area contributed by atoms with Gasteiger partial charge in [-0.3, -0.25) is 4.79 Å². The Bertz CT molecular complexity index is 1060. The van der Waals surface area contributed by atoms with Crippen LogP contribution in [0.5, 0.6) is 0 Å². The number of aromatic nitrogens is 3. The first-order valence-electron chi connectivity index (χ1n) is 8.95. The summed E-state index contributed by atoms with van der Waals surface area (Å²) in [5.74, 6) is 0.858. The zero-order valence-electron chi connectivity index (χ0n) is 15.3. The van der Waals surface area contributed by atoms with E-state index in [2.05, 4.69) is 31.3 Å². The number of anilines is 1. The molecule has 144 valence electrons. The van der Waals surface area contributed by atoms with Gasteiger partial charge < -0.3 is 5.32 Å². The minimum atomic E-state index is -0.106. The smallest absolute Gasteiger partial charge is 0.234 e. The molecule has 4 aromatic rings. The summed E-state index contributed by atoms with van der Waals surface area (Å²) in [5, 5.41) is 8.07. The van der Waals surface area contributed by atoms with Crippen molar-refractivity contribution in [3.05, 3.63) is 89.4 Å². The number of carbonyl (C=O) groups excluding carboxylic acids is 1. The van der Waals surface area contributed by atoms with Crippen LogP contribution in [0.15, 0.2) is 94.6 Å². The van der Waals surface area contributed by atoms with Crippen LogP contribution < -0.4 is 5.32 Å². The summed E-state index contributed by atoms with van der Waals surface area (Å²) in [5.41, 5.74) is 2.64. The Morgan fingerprint density at radius 2 is 1.69 bits per heavy atom. The first-order chi connectivity index (χ1) is 14.2. The highest BCUT2D eigenvalue weighted by molar-refractivity contribution is 9.10. The first kappa shape index (κ1) is 19.4. The lowest BCUT2D eigenvalue weighted by atomic mass is 10.2. The molecule has 1 aromatic heterocycles. The van der Waals surface area contributed by atoms with Gasteiger partial charge in [-0.15, -0.1) is 5.10 Å².